The minimum atomic E-state index is -0.0787. The van der Waals surface area contributed by atoms with E-state index in [2.05, 4.69) is 23.9 Å². The Labute approximate surface area is 114 Å². The Bertz CT molecular complexity index is 325. The van der Waals surface area contributed by atoms with E-state index in [9.17, 15) is 0 Å². The smallest absolute Gasteiger partial charge is 0.158 e. The largest absolute Gasteiger partial charge is 0.353 e. The number of hydrogen-bond acceptors (Lipinski definition) is 5. The van der Waals surface area contributed by atoms with Gasteiger partial charge in [0, 0.05) is 37.6 Å². The van der Waals surface area contributed by atoms with Crippen molar-refractivity contribution < 1.29 is 9.47 Å². The van der Waals surface area contributed by atoms with E-state index in [1.807, 2.05) is 19.4 Å². The van der Waals surface area contributed by atoms with Crippen LogP contribution in [0.25, 0.3) is 0 Å². The lowest BCUT2D eigenvalue weighted by Gasteiger charge is -2.21. The summed E-state index contributed by atoms with van der Waals surface area (Å²) in [4.78, 5) is 7.88. The van der Waals surface area contributed by atoms with Gasteiger partial charge in [0.2, 0.25) is 0 Å². The second-order valence-electron chi connectivity index (χ2n) is 4.23. The molecule has 0 aliphatic carbocycles. The molecular formula is C13H24N2O2S. The number of nitrogens with zero attached hydrogens (tertiary/aromatic N) is 2. The number of aryl methyl sites for hydroxylation is 1. The molecule has 0 saturated heterocycles. The van der Waals surface area contributed by atoms with Crippen LogP contribution in [0.2, 0.25) is 0 Å². The van der Waals surface area contributed by atoms with Gasteiger partial charge < -0.3 is 14.4 Å². The third kappa shape index (κ3) is 5.44. The molecule has 0 unspecified atom stereocenters. The van der Waals surface area contributed by atoms with Gasteiger partial charge in [-0.05, 0) is 27.8 Å². The first-order chi connectivity index (χ1) is 8.67. The van der Waals surface area contributed by atoms with Crippen LogP contribution in [0.1, 0.15) is 30.8 Å². The van der Waals surface area contributed by atoms with Gasteiger partial charge in [0.05, 0.1) is 11.2 Å². The van der Waals surface area contributed by atoms with Crippen LogP contribution in [0.3, 0.4) is 0 Å². The first-order valence-corrected chi connectivity index (χ1v) is 7.36. The molecular weight excluding hydrogens is 248 g/mol. The molecule has 0 saturated carbocycles. The SMILES string of the molecule is CCOC(CCN(C)Cc1scnc1C)OCC. The number of ether oxygens (including phenoxy) is 2. The van der Waals surface area contributed by atoms with E-state index in [0.29, 0.717) is 13.2 Å². The maximum Gasteiger partial charge on any atom is 0.158 e. The van der Waals surface area contributed by atoms with Crippen LogP contribution in [0.15, 0.2) is 5.51 Å². The van der Waals surface area contributed by atoms with Gasteiger partial charge in [-0.15, -0.1) is 11.3 Å². The Morgan fingerprint density at radius 3 is 2.50 bits per heavy atom. The van der Waals surface area contributed by atoms with Crippen molar-refractivity contribution in [3.63, 3.8) is 0 Å². The van der Waals surface area contributed by atoms with E-state index in [4.69, 9.17) is 9.47 Å². The number of aromatic nitrogens is 1. The van der Waals surface area contributed by atoms with Crippen LogP contribution in [-0.4, -0.2) is 43.0 Å². The Morgan fingerprint density at radius 2 is 2.00 bits per heavy atom. The number of rotatable bonds is 9. The van der Waals surface area contributed by atoms with Gasteiger partial charge in [0.1, 0.15) is 0 Å². The Balaban J connectivity index is 2.31. The topological polar surface area (TPSA) is 34.6 Å². The normalized spacial score (nSPS) is 11.7. The minimum absolute atomic E-state index is 0.0787. The van der Waals surface area contributed by atoms with Gasteiger partial charge in [-0.1, -0.05) is 0 Å². The first-order valence-electron chi connectivity index (χ1n) is 6.48. The van der Waals surface area contributed by atoms with Gasteiger partial charge in [0.25, 0.3) is 0 Å². The van der Waals surface area contributed by atoms with Crippen molar-refractivity contribution in [1.82, 2.24) is 9.88 Å². The fourth-order valence-electron chi connectivity index (χ4n) is 1.71. The van der Waals surface area contributed by atoms with Crippen molar-refractivity contribution in [3.8, 4) is 0 Å². The summed E-state index contributed by atoms with van der Waals surface area (Å²) in [6.07, 6.45) is 0.820. The van der Waals surface area contributed by atoms with Crippen molar-refractivity contribution in [1.29, 1.82) is 0 Å². The molecule has 1 aromatic rings. The second kappa shape index (κ2) is 8.58. The summed E-state index contributed by atoms with van der Waals surface area (Å²) in [5.74, 6) is 0. The third-order valence-electron chi connectivity index (χ3n) is 2.71. The highest BCUT2D eigenvalue weighted by Gasteiger charge is 2.11. The molecule has 1 aromatic heterocycles. The van der Waals surface area contributed by atoms with Gasteiger partial charge in [-0.2, -0.15) is 0 Å². The molecule has 0 amide bonds. The van der Waals surface area contributed by atoms with Gasteiger partial charge in [-0.3, -0.25) is 0 Å². The zero-order valence-electron chi connectivity index (χ0n) is 11.8. The lowest BCUT2D eigenvalue weighted by atomic mass is 10.3. The highest BCUT2D eigenvalue weighted by atomic mass is 32.1. The summed E-state index contributed by atoms with van der Waals surface area (Å²) in [7, 11) is 2.12. The molecule has 0 spiro atoms. The van der Waals surface area contributed by atoms with Crippen molar-refractivity contribution in [2.45, 2.75) is 40.0 Å². The molecule has 0 fully saturated rings. The van der Waals surface area contributed by atoms with Gasteiger partial charge in [0.15, 0.2) is 6.29 Å². The lowest BCUT2D eigenvalue weighted by molar-refractivity contribution is -0.141. The summed E-state index contributed by atoms with van der Waals surface area (Å²) in [5, 5.41) is 0. The van der Waals surface area contributed by atoms with E-state index >= 15 is 0 Å². The average molecular weight is 272 g/mol. The zero-order chi connectivity index (χ0) is 13.4. The molecule has 0 atom stereocenters. The van der Waals surface area contributed by atoms with E-state index in [1.54, 1.807) is 11.3 Å². The maximum absolute atomic E-state index is 5.53. The molecule has 0 radical (unpaired) electrons. The molecule has 0 aliphatic rings. The van der Waals surface area contributed by atoms with Crippen molar-refractivity contribution in [2.75, 3.05) is 26.8 Å². The molecule has 104 valence electrons. The predicted molar refractivity (Wildman–Crippen MR) is 74.8 cm³/mol. The highest BCUT2D eigenvalue weighted by molar-refractivity contribution is 7.09. The first kappa shape index (κ1) is 15.6. The molecule has 5 heteroatoms. The summed E-state index contributed by atoms with van der Waals surface area (Å²) < 4.78 is 11.1. The quantitative estimate of drug-likeness (QED) is 0.647. The molecule has 18 heavy (non-hydrogen) atoms. The molecule has 4 nitrogen and oxygen atoms in total. The van der Waals surface area contributed by atoms with Crippen LogP contribution in [0, 0.1) is 6.92 Å². The van der Waals surface area contributed by atoms with E-state index in [-0.39, 0.29) is 6.29 Å². The van der Waals surface area contributed by atoms with E-state index in [1.165, 1.54) is 4.88 Å². The summed E-state index contributed by atoms with van der Waals surface area (Å²) >= 11 is 1.72. The fourth-order valence-corrected chi connectivity index (χ4v) is 2.57. The Hall–Kier alpha value is -0.490. The monoisotopic (exact) mass is 272 g/mol. The molecule has 1 heterocycles. The third-order valence-corrected chi connectivity index (χ3v) is 3.63. The maximum atomic E-state index is 5.53. The standard InChI is InChI=1S/C13H24N2O2S/c1-5-16-13(17-6-2)7-8-15(4)9-12-11(3)14-10-18-12/h10,13H,5-9H2,1-4H3. The minimum Gasteiger partial charge on any atom is -0.353 e. The van der Waals surface area contributed by atoms with Crippen LogP contribution in [-0.2, 0) is 16.0 Å². The number of thiazole rings is 1. The van der Waals surface area contributed by atoms with E-state index < -0.39 is 0 Å². The summed E-state index contributed by atoms with van der Waals surface area (Å²) in [5.41, 5.74) is 3.04. The van der Waals surface area contributed by atoms with Crippen LogP contribution in [0.5, 0.6) is 0 Å². The summed E-state index contributed by atoms with van der Waals surface area (Å²) in [6, 6.07) is 0. The van der Waals surface area contributed by atoms with Crippen LogP contribution in [0.4, 0.5) is 0 Å². The molecule has 0 N–H and O–H groups in total. The summed E-state index contributed by atoms with van der Waals surface area (Å²) in [6.45, 7) is 9.35. The van der Waals surface area contributed by atoms with Gasteiger partial charge in [-0.25, -0.2) is 4.98 Å². The fraction of sp³-hybridized carbons (Fsp3) is 0.769. The van der Waals surface area contributed by atoms with Crippen molar-refractivity contribution in [2.24, 2.45) is 0 Å². The number of hydrogen-bond donors (Lipinski definition) is 0. The Kier molecular flexibility index (Phi) is 7.42. The molecule has 0 aromatic carbocycles. The highest BCUT2D eigenvalue weighted by Crippen LogP contribution is 2.14. The molecule has 1 rings (SSSR count). The van der Waals surface area contributed by atoms with Crippen molar-refractivity contribution in [3.05, 3.63) is 16.1 Å². The Morgan fingerprint density at radius 1 is 1.33 bits per heavy atom. The van der Waals surface area contributed by atoms with E-state index in [0.717, 1.165) is 25.2 Å². The van der Waals surface area contributed by atoms with Crippen LogP contribution < -0.4 is 0 Å². The lowest BCUT2D eigenvalue weighted by Crippen LogP contribution is -2.26. The zero-order valence-corrected chi connectivity index (χ0v) is 12.6. The average Bonchev–Trinajstić information content (AvgIpc) is 2.73. The van der Waals surface area contributed by atoms with Crippen molar-refractivity contribution >= 4 is 11.3 Å². The molecule has 0 aliphatic heterocycles. The van der Waals surface area contributed by atoms with Gasteiger partial charge >= 0.3 is 0 Å². The van der Waals surface area contributed by atoms with Crippen LogP contribution >= 0.6 is 11.3 Å². The molecule has 0 bridgehead atoms. The predicted octanol–water partition coefficient (Wildman–Crippen LogP) is 2.67. The second-order valence-corrected chi connectivity index (χ2v) is 5.17.